The molecular formula is C21H18F3N3O2. The quantitative estimate of drug-likeness (QED) is 0.664. The molecule has 5 nitrogen and oxygen atoms in total. The first kappa shape index (κ1) is 20.6. The monoisotopic (exact) mass is 401 g/mol. The van der Waals surface area contributed by atoms with Gasteiger partial charge in [0.05, 0.1) is 23.4 Å². The van der Waals surface area contributed by atoms with Gasteiger partial charge in [-0.1, -0.05) is 30.3 Å². The predicted octanol–water partition coefficient (Wildman–Crippen LogP) is 4.18. The largest absolute Gasteiger partial charge is 0.434 e. The van der Waals surface area contributed by atoms with Crippen molar-refractivity contribution in [2.75, 3.05) is 0 Å². The van der Waals surface area contributed by atoms with Gasteiger partial charge in [-0.15, -0.1) is 0 Å². The molecule has 2 heterocycles. The second kappa shape index (κ2) is 8.91. The summed E-state index contributed by atoms with van der Waals surface area (Å²) in [5.41, 5.74) is -0.0414. The Morgan fingerprint density at radius 3 is 2.34 bits per heavy atom. The third-order valence-electron chi connectivity index (χ3n) is 4.30. The zero-order chi connectivity index (χ0) is 20.9. The summed E-state index contributed by atoms with van der Waals surface area (Å²) in [5, 5.41) is 8.54. The number of carbonyl (C=O) groups excluding carboxylic acids is 1. The number of halogens is 3. The highest BCUT2D eigenvalue weighted by atomic mass is 19.4. The van der Waals surface area contributed by atoms with E-state index in [2.05, 4.69) is 15.0 Å². The van der Waals surface area contributed by atoms with E-state index in [1.807, 2.05) is 30.3 Å². The molecule has 1 saturated carbocycles. The van der Waals surface area contributed by atoms with Gasteiger partial charge >= 0.3 is 6.18 Å². The molecule has 1 N–H and O–H groups in total. The molecular weight excluding hydrogens is 383 g/mol. The maximum Gasteiger partial charge on any atom is 0.434 e. The number of aliphatic hydroxyl groups excluding tert-OH is 1. The lowest BCUT2D eigenvalue weighted by molar-refractivity contribution is -0.141. The van der Waals surface area contributed by atoms with Crippen LogP contribution in [-0.4, -0.2) is 25.8 Å². The van der Waals surface area contributed by atoms with Crippen LogP contribution in [0.1, 0.15) is 51.6 Å². The Hall–Kier alpha value is -3.13. The Morgan fingerprint density at radius 1 is 1.03 bits per heavy atom. The van der Waals surface area contributed by atoms with E-state index < -0.39 is 23.2 Å². The van der Waals surface area contributed by atoms with Gasteiger partial charge in [0.15, 0.2) is 11.5 Å². The van der Waals surface area contributed by atoms with Crippen LogP contribution in [0.3, 0.4) is 0 Å². The third kappa shape index (κ3) is 5.23. The van der Waals surface area contributed by atoms with Crippen molar-refractivity contribution in [2.24, 2.45) is 0 Å². The second-order valence-corrected chi connectivity index (χ2v) is 6.47. The van der Waals surface area contributed by atoms with Gasteiger partial charge in [-0.05, 0) is 30.5 Å². The summed E-state index contributed by atoms with van der Waals surface area (Å²) in [6.07, 6.45) is 0.686. The van der Waals surface area contributed by atoms with E-state index in [1.165, 1.54) is 18.6 Å². The molecule has 1 fully saturated rings. The van der Waals surface area contributed by atoms with Crippen molar-refractivity contribution < 1.29 is 23.1 Å². The summed E-state index contributed by atoms with van der Waals surface area (Å²) in [6, 6.07) is 12.0. The average Bonchev–Trinajstić information content (AvgIpc) is 3.59. The number of aromatic nitrogens is 3. The molecule has 1 aromatic carbocycles. The number of rotatable bonds is 4. The van der Waals surface area contributed by atoms with Crippen molar-refractivity contribution in [3.05, 3.63) is 89.3 Å². The van der Waals surface area contributed by atoms with Gasteiger partial charge in [-0.3, -0.25) is 9.78 Å². The SMILES string of the molecule is O=C(c1cncnc1C1CC1)c1cccnc1C(F)(F)F.OCc1ccccc1. The van der Waals surface area contributed by atoms with Crippen LogP contribution in [-0.2, 0) is 12.8 Å². The van der Waals surface area contributed by atoms with Crippen molar-refractivity contribution >= 4 is 5.78 Å². The van der Waals surface area contributed by atoms with E-state index in [0.717, 1.165) is 30.7 Å². The summed E-state index contributed by atoms with van der Waals surface area (Å²) in [7, 11) is 0. The Morgan fingerprint density at radius 2 is 1.76 bits per heavy atom. The minimum Gasteiger partial charge on any atom is -0.392 e. The molecule has 8 heteroatoms. The fourth-order valence-electron chi connectivity index (χ4n) is 2.74. The normalized spacial score (nSPS) is 13.4. The maximum atomic E-state index is 12.9. The van der Waals surface area contributed by atoms with Gasteiger partial charge in [0.25, 0.3) is 0 Å². The maximum absolute atomic E-state index is 12.9. The van der Waals surface area contributed by atoms with Crippen LogP contribution in [0.2, 0.25) is 0 Å². The third-order valence-corrected chi connectivity index (χ3v) is 4.30. The zero-order valence-electron chi connectivity index (χ0n) is 15.3. The molecule has 0 saturated heterocycles. The van der Waals surface area contributed by atoms with E-state index in [-0.39, 0.29) is 18.1 Å². The predicted molar refractivity (Wildman–Crippen MR) is 99.0 cm³/mol. The molecule has 0 bridgehead atoms. The van der Waals surface area contributed by atoms with Gasteiger partial charge in [0, 0.05) is 18.3 Å². The first-order valence-electron chi connectivity index (χ1n) is 8.93. The molecule has 1 aliphatic rings. The smallest absolute Gasteiger partial charge is 0.392 e. The summed E-state index contributed by atoms with van der Waals surface area (Å²) in [5.74, 6) is -0.601. The van der Waals surface area contributed by atoms with Crippen molar-refractivity contribution in [2.45, 2.75) is 31.5 Å². The van der Waals surface area contributed by atoms with Gasteiger partial charge in [0.1, 0.15) is 6.33 Å². The van der Waals surface area contributed by atoms with Crippen molar-refractivity contribution in [3.63, 3.8) is 0 Å². The van der Waals surface area contributed by atoms with Crippen LogP contribution >= 0.6 is 0 Å². The van der Waals surface area contributed by atoms with Crippen LogP contribution < -0.4 is 0 Å². The van der Waals surface area contributed by atoms with Crippen LogP contribution in [0.15, 0.2) is 61.2 Å². The highest BCUT2D eigenvalue weighted by Gasteiger charge is 2.38. The summed E-state index contributed by atoms with van der Waals surface area (Å²) in [4.78, 5) is 23.6. The van der Waals surface area contributed by atoms with E-state index in [9.17, 15) is 18.0 Å². The Labute approximate surface area is 165 Å². The number of pyridine rings is 1. The van der Waals surface area contributed by atoms with Gasteiger partial charge in [-0.25, -0.2) is 9.97 Å². The summed E-state index contributed by atoms with van der Waals surface area (Å²) >= 11 is 0. The fourth-order valence-corrected chi connectivity index (χ4v) is 2.74. The molecule has 0 radical (unpaired) electrons. The molecule has 0 unspecified atom stereocenters. The number of nitrogens with zero attached hydrogens (tertiary/aromatic N) is 3. The zero-order valence-corrected chi connectivity index (χ0v) is 15.3. The minimum atomic E-state index is -4.68. The van der Waals surface area contributed by atoms with Crippen LogP contribution in [0, 0.1) is 0 Å². The lowest BCUT2D eigenvalue weighted by Gasteiger charge is -2.11. The fraction of sp³-hybridized carbons (Fsp3) is 0.238. The van der Waals surface area contributed by atoms with E-state index in [1.54, 1.807) is 0 Å². The first-order valence-corrected chi connectivity index (χ1v) is 8.93. The number of alkyl halides is 3. The number of ketones is 1. The highest BCUT2D eigenvalue weighted by Crippen LogP contribution is 2.41. The van der Waals surface area contributed by atoms with Gasteiger partial charge in [0.2, 0.25) is 0 Å². The molecule has 0 atom stereocenters. The van der Waals surface area contributed by atoms with E-state index in [4.69, 9.17) is 5.11 Å². The van der Waals surface area contributed by atoms with Gasteiger partial charge < -0.3 is 5.11 Å². The number of carbonyl (C=O) groups is 1. The van der Waals surface area contributed by atoms with Crippen molar-refractivity contribution in [1.82, 2.24) is 15.0 Å². The standard InChI is InChI=1S/C14H10F3N3O.C7H8O/c15-14(16,17)13-9(2-1-5-19-13)12(21)10-6-18-7-20-11(10)8-3-4-8;8-6-7-4-2-1-3-5-7/h1-2,5-8H,3-4H2;1-5,8H,6H2. The summed E-state index contributed by atoms with van der Waals surface area (Å²) in [6.45, 7) is 0.140. The second-order valence-electron chi connectivity index (χ2n) is 6.47. The molecule has 0 spiro atoms. The molecule has 3 aromatic rings. The molecule has 29 heavy (non-hydrogen) atoms. The lowest BCUT2D eigenvalue weighted by Crippen LogP contribution is -2.17. The Balaban J connectivity index is 0.000000252. The molecule has 2 aromatic heterocycles. The highest BCUT2D eigenvalue weighted by molar-refractivity contribution is 6.10. The van der Waals surface area contributed by atoms with Crippen molar-refractivity contribution in [1.29, 1.82) is 0 Å². The topological polar surface area (TPSA) is 76.0 Å². The van der Waals surface area contributed by atoms with Crippen LogP contribution in [0.5, 0.6) is 0 Å². The van der Waals surface area contributed by atoms with Gasteiger partial charge in [-0.2, -0.15) is 13.2 Å². The van der Waals surface area contributed by atoms with Crippen LogP contribution in [0.25, 0.3) is 0 Å². The molecule has 0 aliphatic heterocycles. The lowest BCUT2D eigenvalue weighted by atomic mass is 10.00. The molecule has 0 amide bonds. The molecule has 1 aliphatic carbocycles. The minimum absolute atomic E-state index is 0.124. The number of hydrogen-bond acceptors (Lipinski definition) is 5. The Bertz CT molecular complexity index is 974. The van der Waals surface area contributed by atoms with Crippen LogP contribution in [0.4, 0.5) is 13.2 Å². The number of aliphatic hydroxyl groups is 1. The molecule has 150 valence electrons. The Kier molecular flexibility index (Phi) is 6.33. The average molecular weight is 401 g/mol. The first-order chi connectivity index (χ1) is 13.9. The van der Waals surface area contributed by atoms with Crippen molar-refractivity contribution in [3.8, 4) is 0 Å². The van der Waals surface area contributed by atoms with E-state index in [0.29, 0.717) is 5.69 Å². The number of benzene rings is 1. The summed E-state index contributed by atoms with van der Waals surface area (Å²) < 4.78 is 38.8. The van der Waals surface area contributed by atoms with E-state index >= 15 is 0 Å². The molecule has 4 rings (SSSR count). The number of hydrogen-bond donors (Lipinski definition) is 1.